The van der Waals surface area contributed by atoms with Crippen LogP contribution in [-0.4, -0.2) is 12.6 Å². The number of hydrogen-bond acceptors (Lipinski definition) is 2. The molecular weight excluding hydrogens is 196 g/mol. The quantitative estimate of drug-likeness (QED) is 0.723. The average Bonchev–Trinajstić information content (AvgIpc) is 2.57. The van der Waals surface area contributed by atoms with E-state index in [1.54, 1.807) is 0 Å². The van der Waals surface area contributed by atoms with Gasteiger partial charge in [0.15, 0.2) is 0 Å². The van der Waals surface area contributed by atoms with Crippen LogP contribution in [0.4, 0.5) is 11.4 Å². The monoisotopic (exact) mass is 210 g/mol. The van der Waals surface area contributed by atoms with Gasteiger partial charge in [-0.15, -0.1) is 0 Å². The Morgan fingerprint density at radius 1 is 1.50 bits per heavy atom. The molecule has 0 aliphatic carbocycles. The highest BCUT2D eigenvalue weighted by molar-refractivity contribution is 6.33. The van der Waals surface area contributed by atoms with Crippen molar-refractivity contribution in [3.8, 4) is 0 Å². The van der Waals surface area contributed by atoms with Crippen LogP contribution >= 0.6 is 11.6 Å². The molecule has 0 saturated carbocycles. The van der Waals surface area contributed by atoms with Gasteiger partial charge in [-0.05, 0) is 31.9 Å². The molecule has 0 bridgehead atoms. The topological polar surface area (TPSA) is 29.3 Å². The fourth-order valence-corrected chi connectivity index (χ4v) is 2.24. The Morgan fingerprint density at radius 2 is 2.29 bits per heavy atom. The number of rotatable bonds is 1. The summed E-state index contributed by atoms with van der Waals surface area (Å²) in [6.45, 7) is 3.32. The van der Waals surface area contributed by atoms with E-state index in [1.165, 1.54) is 12.8 Å². The minimum absolute atomic E-state index is 0.579. The molecule has 0 radical (unpaired) electrons. The Hall–Kier alpha value is -0.890. The Labute approximate surface area is 89.7 Å². The number of benzene rings is 1. The lowest BCUT2D eigenvalue weighted by atomic mass is 10.2. The number of para-hydroxylation sites is 1. The SMILES string of the molecule is CC1CCCN1c1cccc(Cl)c1N. The maximum atomic E-state index is 5.99. The lowest BCUT2D eigenvalue weighted by molar-refractivity contribution is 0.736. The predicted molar refractivity (Wildman–Crippen MR) is 61.9 cm³/mol. The van der Waals surface area contributed by atoms with Crippen LogP contribution < -0.4 is 10.6 Å². The number of hydrogen-bond donors (Lipinski definition) is 1. The summed E-state index contributed by atoms with van der Waals surface area (Å²) in [6.07, 6.45) is 2.49. The van der Waals surface area contributed by atoms with Crippen LogP contribution in [0.5, 0.6) is 0 Å². The molecule has 1 atom stereocenters. The van der Waals surface area contributed by atoms with Crippen molar-refractivity contribution in [2.45, 2.75) is 25.8 Å². The third-order valence-corrected chi connectivity index (χ3v) is 3.22. The molecule has 1 aromatic carbocycles. The first-order chi connectivity index (χ1) is 6.70. The molecule has 2 N–H and O–H groups in total. The van der Waals surface area contributed by atoms with E-state index in [4.69, 9.17) is 17.3 Å². The van der Waals surface area contributed by atoms with Gasteiger partial charge in [0.05, 0.1) is 16.4 Å². The van der Waals surface area contributed by atoms with Crippen LogP contribution in [0.25, 0.3) is 0 Å². The van der Waals surface area contributed by atoms with Gasteiger partial charge in [-0.2, -0.15) is 0 Å². The number of halogens is 1. The van der Waals surface area contributed by atoms with Crippen molar-refractivity contribution < 1.29 is 0 Å². The molecule has 1 saturated heterocycles. The molecule has 2 nitrogen and oxygen atoms in total. The number of anilines is 2. The molecule has 1 aromatic rings. The molecule has 1 aliphatic heterocycles. The molecule has 2 rings (SSSR count). The molecule has 0 spiro atoms. The highest BCUT2D eigenvalue weighted by Crippen LogP contribution is 2.34. The predicted octanol–water partition coefficient (Wildman–Crippen LogP) is 2.91. The van der Waals surface area contributed by atoms with Crippen LogP contribution in [0.1, 0.15) is 19.8 Å². The molecule has 14 heavy (non-hydrogen) atoms. The van der Waals surface area contributed by atoms with Crippen molar-refractivity contribution in [3.05, 3.63) is 23.2 Å². The lowest BCUT2D eigenvalue weighted by Gasteiger charge is -2.25. The Kier molecular flexibility index (Phi) is 2.55. The Balaban J connectivity index is 2.36. The van der Waals surface area contributed by atoms with Gasteiger partial charge in [-0.3, -0.25) is 0 Å². The normalized spacial score (nSPS) is 21.6. The van der Waals surface area contributed by atoms with Gasteiger partial charge in [0.25, 0.3) is 0 Å². The number of nitrogens with two attached hydrogens (primary N) is 1. The van der Waals surface area contributed by atoms with Crippen molar-refractivity contribution in [2.24, 2.45) is 0 Å². The first-order valence-corrected chi connectivity index (χ1v) is 5.38. The molecule has 0 amide bonds. The minimum Gasteiger partial charge on any atom is -0.396 e. The van der Waals surface area contributed by atoms with Crippen molar-refractivity contribution in [3.63, 3.8) is 0 Å². The zero-order chi connectivity index (χ0) is 10.1. The lowest BCUT2D eigenvalue weighted by Crippen LogP contribution is -2.27. The standard InChI is InChI=1S/C11H15ClN2/c1-8-4-3-7-14(8)10-6-2-5-9(12)11(10)13/h2,5-6,8H,3-4,7,13H2,1H3. The number of nitrogen functional groups attached to an aromatic ring is 1. The summed E-state index contributed by atoms with van der Waals surface area (Å²) in [7, 11) is 0. The third-order valence-electron chi connectivity index (χ3n) is 2.89. The maximum absolute atomic E-state index is 5.99. The van der Waals surface area contributed by atoms with Crippen LogP contribution in [0.2, 0.25) is 5.02 Å². The second kappa shape index (κ2) is 3.70. The van der Waals surface area contributed by atoms with E-state index in [9.17, 15) is 0 Å². The van der Waals surface area contributed by atoms with Crippen molar-refractivity contribution >= 4 is 23.0 Å². The minimum atomic E-state index is 0.579. The summed E-state index contributed by atoms with van der Waals surface area (Å²) in [5.41, 5.74) is 7.75. The van der Waals surface area contributed by atoms with Gasteiger partial charge in [0, 0.05) is 12.6 Å². The van der Waals surface area contributed by atoms with E-state index in [0.29, 0.717) is 16.8 Å². The fraction of sp³-hybridized carbons (Fsp3) is 0.455. The summed E-state index contributed by atoms with van der Waals surface area (Å²) in [5.74, 6) is 0. The summed E-state index contributed by atoms with van der Waals surface area (Å²) in [6, 6.07) is 6.42. The number of nitrogens with zero attached hydrogens (tertiary/aromatic N) is 1. The third kappa shape index (κ3) is 1.55. The van der Waals surface area contributed by atoms with Gasteiger partial charge in [0.1, 0.15) is 0 Å². The van der Waals surface area contributed by atoms with Crippen LogP contribution in [-0.2, 0) is 0 Å². The summed E-state index contributed by atoms with van der Waals surface area (Å²) >= 11 is 5.99. The van der Waals surface area contributed by atoms with E-state index >= 15 is 0 Å². The molecular formula is C11H15ClN2. The second-order valence-electron chi connectivity index (χ2n) is 3.86. The van der Waals surface area contributed by atoms with Crippen molar-refractivity contribution in [1.29, 1.82) is 0 Å². The van der Waals surface area contributed by atoms with E-state index < -0.39 is 0 Å². The van der Waals surface area contributed by atoms with Crippen molar-refractivity contribution in [2.75, 3.05) is 17.2 Å². The fourth-order valence-electron chi connectivity index (χ4n) is 2.07. The van der Waals surface area contributed by atoms with Gasteiger partial charge in [-0.25, -0.2) is 0 Å². The van der Waals surface area contributed by atoms with Crippen LogP contribution in [0, 0.1) is 0 Å². The van der Waals surface area contributed by atoms with Gasteiger partial charge >= 0.3 is 0 Å². The zero-order valence-corrected chi connectivity index (χ0v) is 9.09. The summed E-state index contributed by atoms with van der Waals surface area (Å²) in [5, 5.41) is 0.654. The van der Waals surface area contributed by atoms with Crippen LogP contribution in [0.3, 0.4) is 0 Å². The van der Waals surface area contributed by atoms with E-state index in [2.05, 4.69) is 11.8 Å². The average molecular weight is 211 g/mol. The first kappa shape index (κ1) is 9.66. The molecule has 3 heteroatoms. The summed E-state index contributed by atoms with van der Waals surface area (Å²) in [4.78, 5) is 2.33. The molecule has 0 aromatic heterocycles. The van der Waals surface area contributed by atoms with E-state index in [0.717, 1.165) is 12.2 Å². The maximum Gasteiger partial charge on any atom is 0.0741 e. The highest BCUT2D eigenvalue weighted by atomic mass is 35.5. The molecule has 1 unspecified atom stereocenters. The highest BCUT2D eigenvalue weighted by Gasteiger charge is 2.22. The van der Waals surface area contributed by atoms with Crippen LogP contribution in [0.15, 0.2) is 18.2 Å². The van der Waals surface area contributed by atoms with Gasteiger partial charge in [-0.1, -0.05) is 17.7 Å². The smallest absolute Gasteiger partial charge is 0.0741 e. The summed E-state index contributed by atoms with van der Waals surface area (Å²) < 4.78 is 0. The van der Waals surface area contributed by atoms with Gasteiger partial charge < -0.3 is 10.6 Å². The molecule has 1 heterocycles. The second-order valence-corrected chi connectivity index (χ2v) is 4.26. The molecule has 1 fully saturated rings. The zero-order valence-electron chi connectivity index (χ0n) is 8.33. The van der Waals surface area contributed by atoms with E-state index in [-0.39, 0.29) is 0 Å². The Morgan fingerprint density at radius 3 is 2.93 bits per heavy atom. The molecule has 76 valence electrons. The Bertz CT molecular complexity index is 338. The molecule has 1 aliphatic rings. The largest absolute Gasteiger partial charge is 0.396 e. The van der Waals surface area contributed by atoms with Gasteiger partial charge in [0.2, 0.25) is 0 Å². The van der Waals surface area contributed by atoms with E-state index in [1.807, 2.05) is 18.2 Å². The first-order valence-electron chi connectivity index (χ1n) is 5.01. The van der Waals surface area contributed by atoms with Crippen molar-refractivity contribution in [1.82, 2.24) is 0 Å².